The molecule has 298 valence electrons. The summed E-state index contributed by atoms with van der Waals surface area (Å²) in [5.74, 6) is -2.64. The molecule has 4 amide bonds. The number of carboxylic acids is 2. The van der Waals surface area contributed by atoms with Gasteiger partial charge in [-0.25, -0.2) is 4.79 Å². The molecule has 0 unspecified atom stereocenters. The largest absolute Gasteiger partial charge is 0.481 e. The van der Waals surface area contributed by atoms with Crippen LogP contribution < -0.4 is 21.3 Å². The Morgan fingerprint density at radius 1 is 0.655 bits per heavy atom. The molecule has 0 aromatic heterocycles. The lowest BCUT2D eigenvalue weighted by atomic mass is 10.0. The van der Waals surface area contributed by atoms with E-state index in [0.29, 0.717) is 48.6 Å². The third-order valence-corrected chi connectivity index (χ3v) is 9.34. The average molecular weight is 785 g/mol. The van der Waals surface area contributed by atoms with Crippen LogP contribution in [0.3, 0.4) is 0 Å². The number of fused-ring (bicyclic) bond motifs is 2. The first-order valence-electron chi connectivity index (χ1n) is 18.7. The van der Waals surface area contributed by atoms with Crippen molar-refractivity contribution in [2.75, 3.05) is 22.9 Å². The number of carbonyl (C=O) groups is 6. The first-order chi connectivity index (χ1) is 27.8. The Bertz CT molecular complexity index is 2370. The second kappa shape index (κ2) is 19.1. The topological polar surface area (TPSA) is 226 Å². The number of aliphatic imine (C=N–C) groups is 2. The summed E-state index contributed by atoms with van der Waals surface area (Å²) in [6.45, 7) is 5.51. The van der Waals surface area contributed by atoms with Gasteiger partial charge in [-0.1, -0.05) is 44.2 Å². The number of carbonyl (C=O) groups excluding carboxylic acids is 4. The zero-order chi connectivity index (χ0) is 41.9. The van der Waals surface area contributed by atoms with Crippen LogP contribution in [0.1, 0.15) is 96.8 Å². The van der Waals surface area contributed by atoms with E-state index in [-0.39, 0.29) is 17.5 Å². The third kappa shape index (κ3) is 10.5. The number of aliphatic carboxylic acids is 2. The Kier molecular flexibility index (Phi) is 13.8. The predicted molar refractivity (Wildman–Crippen MR) is 222 cm³/mol. The standard InChI is InChI=1S/C22H23N3O4.C22H21N3O4/c2*1-2-10-25-18-8-6-14(7-9-20(26)27)11-17(18)13-19(25)24-22(29)16-5-3-4-15(12-16)21(23)28/h3-6,8,11-12H,2,7,9-10,13H2,1H3,(H2,23,28)(H,26,27);3-9,11-12H,2,10,13H2,1H3,(H2,23,28)(H,26,27)/b;9-7+,24-19?. The van der Waals surface area contributed by atoms with E-state index in [4.69, 9.17) is 21.7 Å². The summed E-state index contributed by atoms with van der Waals surface area (Å²) in [6, 6.07) is 23.9. The maximum absolute atomic E-state index is 12.7. The fourth-order valence-corrected chi connectivity index (χ4v) is 6.66. The number of nitrogens with zero attached hydrogens (tertiary/aromatic N) is 4. The number of aryl methyl sites for hydroxylation is 1. The van der Waals surface area contributed by atoms with Gasteiger partial charge in [-0.2, -0.15) is 9.98 Å². The highest BCUT2D eigenvalue weighted by Gasteiger charge is 2.28. The summed E-state index contributed by atoms with van der Waals surface area (Å²) >= 11 is 0. The average Bonchev–Trinajstić information content (AvgIpc) is 3.72. The van der Waals surface area contributed by atoms with Crippen molar-refractivity contribution in [3.8, 4) is 0 Å². The fourth-order valence-electron chi connectivity index (χ4n) is 6.66. The number of primary amides is 2. The lowest BCUT2D eigenvalue weighted by molar-refractivity contribution is -0.137. The monoisotopic (exact) mass is 784 g/mol. The minimum absolute atomic E-state index is 0.0765. The van der Waals surface area contributed by atoms with Crippen LogP contribution in [0.2, 0.25) is 0 Å². The maximum Gasteiger partial charge on any atom is 0.328 e. The first kappa shape index (κ1) is 41.9. The normalized spacial score (nSPS) is 14.2. The lowest BCUT2D eigenvalue weighted by Gasteiger charge is -2.19. The molecule has 4 aromatic carbocycles. The highest BCUT2D eigenvalue weighted by atomic mass is 16.4. The van der Waals surface area contributed by atoms with Crippen molar-refractivity contribution in [2.45, 2.75) is 52.4 Å². The summed E-state index contributed by atoms with van der Waals surface area (Å²) in [5.41, 5.74) is 17.4. The molecule has 58 heavy (non-hydrogen) atoms. The summed E-state index contributed by atoms with van der Waals surface area (Å²) in [5, 5.41) is 17.7. The van der Waals surface area contributed by atoms with Crippen molar-refractivity contribution < 1.29 is 39.0 Å². The molecule has 0 saturated carbocycles. The van der Waals surface area contributed by atoms with E-state index >= 15 is 0 Å². The quantitative estimate of drug-likeness (QED) is 0.121. The number of benzene rings is 4. The molecular formula is C44H44N6O8. The smallest absolute Gasteiger partial charge is 0.328 e. The van der Waals surface area contributed by atoms with Gasteiger partial charge >= 0.3 is 11.9 Å². The molecular weight excluding hydrogens is 741 g/mol. The van der Waals surface area contributed by atoms with Crippen molar-refractivity contribution in [1.29, 1.82) is 0 Å². The molecule has 6 rings (SSSR count). The summed E-state index contributed by atoms with van der Waals surface area (Å²) in [7, 11) is 0. The van der Waals surface area contributed by atoms with Crippen LogP contribution >= 0.6 is 0 Å². The lowest BCUT2D eigenvalue weighted by Crippen LogP contribution is -2.28. The molecule has 2 aliphatic heterocycles. The second-order valence-corrected chi connectivity index (χ2v) is 13.6. The van der Waals surface area contributed by atoms with Crippen LogP contribution in [0, 0.1) is 0 Å². The van der Waals surface area contributed by atoms with E-state index < -0.39 is 35.6 Å². The number of carboxylic acid groups (broad SMARTS) is 2. The molecule has 0 radical (unpaired) electrons. The van der Waals surface area contributed by atoms with E-state index in [1.807, 2.05) is 53.1 Å². The van der Waals surface area contributed by atoms with Crippen molar-refractivity contribution in [2.24, 2.45) is 21.5 Å². The van der Waals surface area contributed by atoms with Crippen LogP contribution in [0.4, 0.5) is 11.4 Å². The number of amides is 4. The number of hydrogen-bond acceptors (Lipinski definition) is 6. The van der Waals surface area contributed by atoms with Crippen molar-refractivity contribution in [1.82, 2.24) is 0 Å². The number of hydrogen-bond donors (Lipinski definition) is 4. The van der Waals surface area contributed by atoms with E-state index in [0.717, 1.165) is 59.1 Å². The van der Waals surface area contributed by atoms with E-state index in [2.05, 4.69) is 16.9 Å². The van der Waals surface area contributed by atoms with Gasteiger partial charge in [0.15, 0.2) is 0 Å². The Hall–Kier alpha value is -7.22. The van der Waals surface area contributed by atoms with Crippen LogP contribution in [0.5, 0.6) is 0 Å². The second-order valence-electron chi connectivity index (χ2n) is 13.6. The molecule has 0 fully saturated rings. The molecule has 6 N–H and O–H groups in total. The molecule has 4 aromatic rings. The molecule has 0 atom stereocenters. The van der Waals surface area contributed by atoms with Gasteiger partial charge in [-0.05, 0) is 102 Å². The van der Waals surface area contributed by atoms with Gasteiger partial charge in [0.25, 0.3) is 11.8 Å². The highest BCUT2D eigenvalue weighted by Crippen LogP contribution is 2.32. The van der Waals surface area contributed by atoms with Gasteiger partial charge < -0.3 is 31.5 Å². The SMILES string of the molecule is CCCN1C(=NC(=O)c2cccc(C(N)=O)c2)Cc2cc(/C=C/C(=O)O)ccc21.CCCN1C(=NC(=O)c2cccc(C(N)=O)c2)Cc2cc(CCC(=O)O)ccc21. The van der Waals surface area contributed by atoms with Crippen molar-refractivity contribution >= 4 is 64.7 Å². The van der Waals surface area contributed by atoms with Gasteiger partial charge in [0.2, 0.25) is 11.8 Å². The Morgan fingerprint density at radius 2 is 1.14 bits per heavy atom. The molecule has 0 aliphatic carbocycles. The zero-order valence-electron chi connectivity index (χ0n) is 32.2. The van der Waals surface area contributed by atoms with Crippen LogP contribution in [0.25, 0.3) is 6.08 Å². The van der Waals surface area contributed by atoms with Crippen LogP contribution in [-0.4, -0.2) is 70.5 Å². The molecule has 2 aliphatic rings. The maximum atomic E-state index is 12.7. The minimum Gasteiger partial charge on any atom is -0.481 e. The summed E-state index contributed by atoms with van der Waals surface area (Å²) in [6.07, 6.45) is 5.86. The Balaban J connectivity index is 0.000000221. The first-order valence-corrected chi connectivity index (χ1v) is 18.7. The Labute approximate surface area is 335 Å². The molecule has 0 saturated heterocycles. The predicted octanol–water partition coefficient (Wildman–Crippen LogP) is 5.71. The number of anilines is 2. The fraction of sp³-hybridized carbons (Fsp3) is 0.227. The van der Waals surface area contributed by atoms with Crippen LogP contribution in [-0.2, 0) is 28.9 Å². The number of rotatable bonds is 13. The third-order valence-electron chi connectivity index (χ3n) is 9.34. The van der Waals surface area contributed by atoms with Gasteiger partial charge in [0.05, 0.1) is 0 Å². The molecule has 2 heterocycles. The molecule has 14 heteroatoms. The minimum atomic E-state index is -1.01. The zero-order valence-corrected chi connectivity index (χ0v) is 32.2. The van der Waals surface area contributed by atoms with Crippen molar-refractivity contribution in [3.05, 3.63) is 136 Å². The summed E-state index contributed by atoms with van der Waals surface area (Å²) < 4.78 is 0. The van der Waals surface area contributed by atoms with Gasteiger partial charge in [0, 0.05) is 72.1 Å². The Morgan fingerprint density at radius 3 is 1.60 bits per heavy atom. The molecule has 0 bridgehead atoms. The van der Waals surface area contributed by atoms with Gasteiger partial charge in [-0.3, -0.25) is 24.0 Å². The van der Waals surface area contributed by atoms with E-state index in [1.165, 1.54) is 18.2 Å². The molecule has 0 spiro atoms. The highest BCUT2D eigenvalue weighted by molar-refractivity contribution is 6.14. The van der Waals surface area contributed by atoms with Gasteiger partial charge in [0.1, 0.15) is 11.7 Å². The van der Waals surface area contributed by atoms with Gasteiger partial charge in [-0.15, -0.1) is 0 Å². The van der Waals surface area contributed by atoms with E-state index in [1.54, 1.807) is 36.4 Å². The van der Waals surface area contributed by atoms with Crippen molar-refractivity contribution in [3.63, 3.8) is 0 Å². The molecule has 14 nitrogen and oxygen atoms in total. The van der Waals surface area contributed by atoms with E-state index in [9.17, 15) is 28.8 Å². The number of amidine groups is 2. The van der Waals surface area contributed by atoms with Crippen LogP contribution in [0.15, 0.2) is 101 Å². The summed E-state index contributed by atoms with van der Waals surface area (Å²) in [4.78, 5) is 82.3. The number of nitrogens with two attached hydrogens (primary N) is 2.